The molecule has 2 aromatic heterocycles. The number of para-hydroxylation sites is 1. The summed E-state index contributed by atoms with van der Waals surface area (Å²) in [6.45, 7) is -0.962. The number of anilines is 1. The highest BCUT2D eigenvalue weighted by atomic mass is 35.5. The molecule has 3 N–H and O–H groups in total. The highest BCUT2D eigenvalue weighted by Crippen LogP contribution is 2.30. The SMILES string of the molecule is NC(=O)[C@@H]1CCCN1c1nc(Cn2nc(-c3ccc(Cl)cc3)n(C[C@H](O)C(F)(F)F)c2=O)nn1-c1ccccc1Cl. The first-order valence-corrected chi connectivity index (χ1v) is 13.1. The third kappa shape index (κ3) is 5.80. The molecule has 1 saturated heterocycles. The van der Waals surface area contributed by atoms with Gasteiger partial charge in [0.2, 0.25) is 11.9 Å². The summed E-state index contributed by atoms with van der Waals surface area (Å²) in [6.07, 6.45) is -6.59. The summed E-state index contributed by atoms with van der Waals surface area (Å²) >= 11 is 12.4. The molecule has 1 amide bonds. The van der Waals surface area contributed by atoms with Crippen LogP contribution in [0.15, 0.2) is 53.3 Å². The number of carbonyl (C=O) groups is 1. The number of amides is 1. The number of nitrogens with zero attached hydrogens (tertiary/aromatic N) is 7. The van der Waals surface area contributed by atoms with Crippen molar-refractivity contribution >= 4 is 35.1 Å². The summed E-state index contributed by atoms with van der Waals surface area (Å²) in [5.41, 5.74) is 5.44. The number of hydrogen-bond acceptors (Lipinski definition) is 7. The molecule has 3 heterocycles. The van der Waals surface area contributed by atoms with E-state index >= 15 is 0 Å². The van der Waals surface area contributed by atoms with E-state index in [1.807, 2.05) is 0 Å². The van der Waals surface area contributed by atoms with Crippen LogP contribution in [0.25, 0.3) is 17.1 Å². The van der Waals surface area contributed by atoms with Crippen molar-refractivity contribution in [2.75, 3.05) is 11.4 Å². The van der Waals surface area contributed by atoms with E-state index in [9.17, 15) is 27.9 Å². The first-order valence-electron chi connectivity index (χ1n) is 12.4. The fourth-order valence-corrected chi connectivity index (χ4v) is 4.96. The Bertz CT molecular complexity index is 1630. The maximum atomic E-state index is 13.3. The van der Waals surface area contributed by atoms with E-state index < -0.39 is 36.5 Å². The number of halogens is 5. The number of aliphatic hydroxyl groups excluding tert-OH is 1. The fraction of sp³-hybridized carbons (Fsp3) is 0.320. The van der Waals surface area contributed by atoms with Gasteiger partial charge in [0.15, 0.2) is 17.8 Å². The highest BCUT2D eigenvalue weighted by molar-refractivity contribution is 6.32. The van der Waals surface area contributed by atoms with Gasteiger partial charge in [0.25, 0.3) is 0 Å². The summed E-state index contributed by atoms with van der Waals surface area (Å²) < 4.78 is 42.7. The van der Waals surface area contributed by atoms with Crippen molar-refractivity contribution in [2.45, 2.75) is 44.3 Å². The van der Waals surface area contributed by atoms with Crippen molar-refractivity contribution in [1.29, 1.82) is 0 Å². The number of rotatable bonds is 8. The van der Waals surface area contributed by atoms with Gasteiger partial charge in [-0.05, 0) is 49.2 Å². The summed E-state index contributed by atoms with van der Waals surface area (Å²) in [4.78, 5) is 31.7. The molecule has 41 heavy (non-hydrogen) atoms. The Hall–Kier alpha value is -3.88. The predicted molar refractivity (Wildman–Crippen MR) is 144 cm³/mol. The normalized spacial score (nSPS) is 16.3. The van der Waals surface area contributed by atoms with Crippen molar-refractivity contribution in [3.63, 3.8) is 0 Å². The standard InChI is InChI=1S/C25H23Cl2F3N8O3/c26-15-9-7-14(8-10-15)22-34-37(24(41)36(22)12-19(39)25(28,29)30)13-20-32-23(35-11-3-6-18(35)21(31)40)38(33-20)17-5-2-1-4-16(17)27/h1-2,4-5,7-10,18-19,39H,3,6,11-13H2,(H2,31,40)/t18-,19-/m0/s1. The van der Waals surface area contributed by atoms with Gasteiger partial charge in [-0.1, -0.05) is 35.3 Å². The maximum absolute atomic E-state index is 13.3. The lowest BCUT2D eigenvalue weighted by molar-refractivity contribution is -0.207. The van der Waals surface area contributed by atoms with Crippen LogP contribution in [0.3, 0.4) is 0 Å². The van der Waals surface area contributed by atoms with Gasteiger partial charge >= 0.3 is 11.9 Å². The Labute approximate surface area is 240 Å². The maximum Gasteiger partial charge on any atom is 0.416 e. The zero-order valence-corrected chi connectivity index (χ0v) is 22.7. The molecule has 2 atom stereocenters. The lowest BCUT2D eigenvalue weighted by Crippen LogP contribution is -2.41. The second-order valence-corrected chi connectivity index (χ2v) is 10.2. The Morgan fingerprint density at radius 3 is 2.49 bits per heavy atom. The second-order valence-electron chi connectivity index (χ2n) is 9.38. The van der Waals surface area contributed by atoms with Gasteiger partial charge in [0.1, 0.15) is 12.6 Å². The highest BCUT2D eigenvalue weighted by Gasteiger charge is 2.39. The van der Waals surface area contributed by atoms with Gasteiger partial charge in [-0.3, -0.25) is 9.36 Å². The minimum atomic E-state index is -4.96. The summed E-state index contributed by atoms with van der Waals surface area (Å²) in [7, 11) is 0. The average Bonchev–Trinajstić information content (AvgIpc) is 3.63. The molecule has 1 aliphatic heterocycles. The topological polar surface area (TPSA) is 137 Å². The van der Waals surface area contributed by atoms with Gasteiger partial charge in [0.05, 0.1) is 17.3 Å². The molecule has 216 valence electrons. The molecule has 0 unspecified atom stereocenters. The Morgan fingerprint density at radius 1 is 1.12 bits per heavy atom. The van der Waals surface area contributed by atoms with Crippen molar-refractivity contribution in [2.24, 2.45) is 5.73 Å². The Balaban J connectivity index is 1.59. The molecular formula is C25H23Cl2F3N8O3. The molecule has 0 radical (unpaired) electrons. The molecule has 11 nitrogen and oxygen atoms in total. The smallest absolute Gasteiger partial charge is 0.382 e. The molecule has 0 aliphatic carbocycles. The second kappa shape index (κ2) is 11.2. The largest absolute Gasteiger partial charge is 0.416 e. The number of alkyl halides is 3. The lowest BCUT2D eigenvalue weighted by Gasteiger charge is -2.23. The molecule has 1 aliphatic rings. The van der Waals surface area contributed by atoms with E-state index in [1.165, 1.54) is 28.9 Å². The van der Waals surface area contributed by atoms with Gasteiger partial charge in [-0.25, -0.2) is 9.48 Å². The van der Waals surface area contributed by atoms with Crippen LogP contribution >= 0.6 is 23.2 Å². The van der Waals surface area contributed by atoms with Crippen LogP contribution in [0.4, 0.5) is 19.1 Å². The fourth-order valence-electron chi connectivity index (χ4n) is 4.62. The van der Waals surface area contributed by atoms with Gasteiger partial charge in [-0.15, -0.1) is 10.2 Å². The van der Waals surface area contributed by atoms with Crippen LogP contribution in [0.1, 0.15) is 18.7 Å². The zero-order valence-electron chi connectivity index (χ0n) is 21.2. The van der Waals surface area contributed by atoms with Crippen molar-refractivity contribution in [1.82, 2.24) is 29.1 Å². The molecule has 4 aromatic rings. The average molecular weight is 611 g/mol. The summed E-state index contributed by atoms with van der Waals surface area (Å²) in [5.74, 6) is -0.328. The molecule has 5 rings (SSSR count). The molecular weight excluding hydrogens is 588 g/mol. The van der Waals surface area contributed by atoms with Crippen LogP contribution in [0.5, 0.6) is 0 Å². The number of aromatic nitrogens is 6. The summed E-state index contributed by atoms with van der Waals surface area (Å²) in [6, 6.07) is 12.1. The Kier molecular flexibility index (Phi) is 7.81. The lowest BCUT2D eigenvalue weighted by atomic mass is 10.2. The van der Waals surface area contributed by atoms with Crippen LogP contribution in [-0.4, -0.2) is 65.0 Å². The number of hydrogen-bond donors (Lipinski definition) is 2. The van der Waals surface area contributed by atoms with Crippen molar-refractivity contribution in [3.05, 3.63) is 74.9 Å². The molecule has 0 bridgehead atoms. The van der Waals surface area contributed by atoms with E-state index in [1.54, 1.807) is 29.2 Å². The minimum Gasteiger partial charge on any atom is -0.382 e. The van der Waals surface area contributed by atoms with Crippen LogP contribution < -0.4 is 16.3 Å². The first kappa shape index (κ1) is 28.6. The van der Waals surface area contributed by atoms with E-state index in [0.29, 0.717) is 40.7 Å². The first-order chi connectivity index (χ1) is 19.4. The van der Waals surface area contributed by atoms with Gasteiger partial charge < -0.3 is 15.7 Å². The van der Waals surface area contributed by atoms with E-state index in [4.69, 9.17) is 28.9 Å². The molecule has 1 fully saturated rings. The number of primary amides is 1. The van der Waals surface area contributed by atoms with Gasteiger partial charge in [0, 0.05) is 17.1 Å². The van der Waals surface area contributed by atoms with Crippen LogP contribution in [0.2, 0.25) is 10.0 Å². The number of benzene rings is 2. The van der Waals surface area contributed by atoms with Crippen molar-refractivity contribution < 1.29 is 23.1 Å². The van der Waals surface area contributed by atoms with E-state index in [-0.39, 0.29) is 24.1 Å². The third-order valence-electron chi connectivity index (χ3n) is 6.60. The van der Waals surface area contributed by atoms with E-state index in [0.717, 1.165) is 9.25 Å². The Morgan fingerprint density at radius 2 is 1.83 bits per heavy atom. The quantitative estimate of drug-likeness (QED) is 0.313. The van der Waals surface area contributed by atoms with E-state index in [2.05, 4.69) is 15.2 Å². The predicted octanol–water partition coefficient (Wildman–Crippen LogP) is 3.02. The third-order valence-corrected chi connectivity index (χ3v) is 7.17. The minimum absolute atomic E-state index is 0.0702. The molecule has 16 heteroatoms. The summed E-state index contributed by atoms with van der Waals surface area (Å²) in [5, 5.41) is 19.2. The van der Waals surface area contributed by atoms with Crippen molar-refractivity contribution in [3.8, 4) is 17.1 Å². The van der Waals surface area contributed by atoms with Crippen LogP contribution in [0, 0.1) is 0 Å². The number of carbonyl (C=O) groups excluding carboxylic acids is 1. The molecule has 0 saturated carbocycles. The number of aliphatic hydroxyl groups is 1. The molecule has 2 aromatic carbocycles. The monoisotopic (exact) mass is 610 g/mol. The van der Waals surface area contributed by atoms with Gasteiger partial charge in [-0.2, -0.15) is 22.8 Å². The molecule has 0 spiro atoms. The zero-order chi connectivity index (χ0) is 29.5. The number of nitrogens with two attached hydrogens (primary N) is 1. The van der Waals surface area contributed by atoms with Crippen LogP contribution in [-0.2, 0) is 17.9 Å².